The van der Waals surface area contributed by atoms with Gasteiger partial charge in [0, 0.05) is 18.7 Å². The van der Waals surface area contributed by atoms with Gasteiger partial charge in [0.25, 0.3) is 0 Å². The standard InChI is InChI=1S/C17H14ClN3O5/c1-26-17(25)15-10(16(18)12(23)6-11(15)22)3-5-14(24)21-13-4-2-9(7-19)8-20-13/h2,4,6,8,22-23H,3,5H2,1H3,(H,20,21,24). The number of benzene rings is 1. The Hall–Kier alpha value is -3.31. The fourth-order valence-corrected chi connectivity index (χ4v) is 2.47. The third-order valence-electron chi connectivity index (χ3n) is 3.47. The van der Waals surface area contributed by atoms with Crippen molar-refractivity contribution in [3.8, 4) is 17.6 Å². The molecule has 3 N–H and O–H groups in total. The minimum Gasteiger partial charge on any atom is -0.507 e. The van der Waals surface area contributed by atoms with E-state index in [-0.39, 0.29) is 34.8 Å². The number of nitrogens with one attached hydrogen (secondary N) is 1. The number of anilines is 1. The molecule has 1 heterocycles. The van der Waals surface area contributed by atoms with E-state index in [1.807, 2.05) is 6.07 Å². The molecule has 0 aliphatic rings. The number of ether oxygens (including phenoxy) is 1. The molecule has 0 saturated carbocycles. The van der Waals surface area contributed by atoms with Gasteiger partial charge >= 0.3 is 5.97 Å². The van der Waals surface area contributed by atoms with Gasteiger partial charge in [-0.05, 0) is 24.1 Å². The number of halogens is 1. The number of methoxy groups -OCH3 is 1. The summed E-state index contributed by atoms with van der Waals surface area (Å²) in [6, 6.07) is 5.82. The Bertz CT molecular complexity index is 891. The fraction of sp³-hybridized carbons (Fsp3) is 0.176. The first-order valence-electron chi connectivity index (χ1n) is 7.35. The van der Waals surface area contributed by atoms with Gasteiger partial charge in [-0.3, -0.25) is 4.79 Å². The largest absolute Gasteiger partial charge is 0.507 e. The number of aromatic hydroxyl groups is 2. The Balaban J connectivity index is 2.16. The van der Waals surface area contributed by atoms with Crippen LogP contribution in [0.1, 0.15) is 27.9 Å². The number of hydrogen-bond acceptors (Lipinski definition) is 7. The highest BCUT2D eigenvalue weighted by molar-refractivity contribution is 6.33. The van der Waals surface area contributed by atoms with Crippen LogP contribution in [0.25, 0.3) is 0 Å². The monoisotopic (exact) mass is 375 g/mol. The van der Waals surface area contributed by atoms with E-state index >= 15 is 0 Å². The highest BCUT2D eigenvalue weighted by Gasteiger charge is 2.23. The van der Waals surface area contributed by atoms with Crippen LogP contribution in [0.5, 0.6) is 11.5 Å². The molecule has 8 nitrogen and oxygen atoms in total. The second-order valence-corrected chi connectivity index (χ2v) is 5.54. The van der Waals surface area contributed by atoms with Crippen LogP contribution in [-0.4, -0.2) is 34.2 Å². The van der Waals surface area contributed by atoms with E-state index in [0.29, 0.717) is 5.56 Å². The van der Waals surface area contributed by atoms with Crippen molar-refractivity contribution < 1.29 is 24.5 Å². The summed E-state index contributed by atoms with van der Waals surface area (Å²) in [4.78, 5) is 27.8. The molecule has 0 unspecified atom stereocenters. The predicted octanol–water partition coefficient (Wildman–Crippen LogP) is 2.38. The van der Waals surface area contributed by atoms with Crippen LogP contribution in [0.2, 0.25) is 5.02 Å². The minimum absolute atomic E-state index is 0.0344. The van der Waals surface area contributed by atoms with Gasteiger partial charge in [-0.1, -0.05) is 11.6 Å². The Kier molecular flexibility index (Phi) is 5.98. The smallest absolute Gasteiger partial charge is 0.341 e. The van der Waals surface area contributed by atoms with Crippen molar-refractivity contribution >= 4 is 29.3 Å². The van der Waals surface area contributed by atoms with E-state index < -0.39 is 23.4 Å². The van der Waals surface area contributed by atoms with Crippen molar-refractivity contribution in [2.75, 3.05) is 12.4 Å². The molecular formula is C17H14ClN3O5. The third-order valence-corrected chi connectivity index (χ3v) is 3.89. The van der Waals surface area contributed by atoms with Crippen molar-refractivity contribution in [2.45, 2.75) is 12.8 Å². The summed E-state index contributed by atoms with van der Waals surface area (Å²) in [6.07, 6.45) is 1.18. The van der Waals surface area contributed by atoms with Crippen LogP contribution in [0.3, 0.4) is 0 Å². The first kappa shape index (κ1) is 19.0. The summed E-state index contributed by atoms with van der Waals surface area (Å²) in [7, 11) is 1.13. The van der Waals surface area contributed by atoms with Gasteiger partial charge in [0.15, 0.2) is 0 Å². The molecule has 134 valence electrons. The van der Waals surface area contributed by atoms with E-state index in [1.54, 1.807) is 0 Å². The lowest BCUT2D eigenvalue weighted by Gasteiger charge is -2.13. The first-order chi connectivity index (χ1) is 12.4. The zero-order valence-corrected chi connectivity index (χ0v) is 14.4. The number of nitrogens with zero attached hydrogens (tertiary/aromatic N) is 2. The zero-order chi connectivity index (χ0) is 19.3. The highest BCUT2D eigenvalue weighted by Crippen LogP contribution is 2.37. The number of phenols is 2. The Morgan fingerprint density at radius 1 is 1.35 bits per heavy atom. The van der Waals surface area contributed by atoms with Crippen molar-refractivity contribution in [3.05, 3.63) is 46.1 Å². The Morgan fingerprint density at radius 3 is 2.65 bits per heavy atom. The maximum atomic E-state index is 12.1. The molecule has 2 rings (SSSR count). The average Bonchev–Trinajstić information content (AvgIpc) is 2.63. The van der Waals surface area contributed by atoms with Crippen LogP contribution >= 0.6 is 11.6 Å². The fourth-order valence-electron chi connectivity index (χ4n) is 2.23. The number of esters is 1. The molecule has 2 aromatic rings. The molecule has 1 aromatic carbocycles. The van der Waals surface area contributed by atoms with Crippen LogP contribution in [0, 0.1) is 11.3 Å². The van der Waals surface area contributed by atoms with E-state index in [1.165, 1.54) is 18.3 Å². The predicted molar refractivity (Wildman–Crippen MR) is 92.0 cm³/mol. The molecule has 0 radical (unpaired) electrons. The molecule has 0 bridgehead atoms. The van der Waals surface area contributed by atoms with E-state index in [2.05, 4.69) is 15.0 Å². The minimum atomic E-state index is -0.839. The van der Waals surface area contributed by atoms with Gasteiger partial charge in [0.1, 0.15) is 28.9 Å². The Morgan fingerprint density at radius 2 is 2.08 bits per heavy atom. The SMILES string of the molecule is COC(=O)c1c(O)cc(O)c(Cl)c1CCC(=O)Nc1ccc(C#N)cn1. The van der Waals surface area contributed by atoms with Crippen molar-refractivity contribution in [2.24, 2.45) is 0 Å². The number of carbonyl (C=O) groups is 2. The molecule has 0 spiro atoms. The Labute approximate surface area is 153 Å². The summed E-state index contributed by atoms with van der Waals surface area (Å²) >= 11 is 6.00. The lowest BCUT2D eigenvalue weighted by Crippen LogP contribution is -2.15. The molecule has 0 atom stereocenters. The quantitative estimate of drug-likeness (QED) is 0.683. The van der Waals surface area contributed by atoms with Crippen molar-refractivity contribution in [1.82, 2.24) is 4.98 Å². The van der Waals surface area contributed by atoms with Crippen LogP contribution in [0.15, 0.2) is 24.4 Å². The summed E-state index contributed by atoms with van der Waals surface area (Å²) < 4.78 is 4.60. The van der Waals surface area contributed by atoms with Gasteiger partial charge < -0.3 is 20.3 Å². The number of phenolic OH excluding ortho intramolecular Hbond substituents is 2. The van der Waals surface area contributed by atoms with Gasteiger partial charge in [0.2, 0.25) is 5.91 Å². The number of carbonyl (C=O) groups excluding carboxylic acids is 2. The number of aromatic nitrogens is 1. The summed E-state index contributed by atoms with van der Waals surface area (Å²) in [6.45, 7) is 0. The van der Waals surface area contributed by atoms with Crippen molar-refractivity contribution in [3.63, 3.8) is 0 Å². The third kappa shape index (κ3) is 4.20. The molecular weight excluding hydrogens is 362 g/mol. The molecule has 0 aliphatic heterocycles. The summed E-state index contributed by atoms with van der Waals surface area (Å²) in [5.41, 5.74) is 0.242. The maximum absolute atomic E-state index is 12.1. The van der Waals surface area contributed by atoms with E-state index in [9.17, 15) is 19.8 Å². The lowest BCUT2D eigenvalue weighted by molar-refractivity contribution is -0.116. The zero-order valence-electron chi connectivity index (χ0n) is 13.6. The molecule has 0 aliphatic carbocycles. The topological polar surface area (TPSA) is 133 Å². The molecule has 1 amide bonds. The number of rotatable bonds is 5. The van der Waals surface area contributed by atoms with E-state index in [0.717, 1.165) is 13.2 Å². The van der Waals surface area contributed by atoms with Gasteiger partial charge in [-0.15, -0.1) is 0 Å². The number of nitriles is 1. The second-order valence-electron chi connectivity index (χ2n) is 5.17. The van der Waals surface area contributed by atoms with Crippen molar-refractivity contribution in [1.29, 1.82) is 5.26 Å². The average molecular weight is 376 g/mol. The molecule has 0 saturated heterocycles. The van der Waals surface area contributed by atoms with Gasteiger partial charge in [-0.25, -0.2) is 9.78 Å². The lowest BCUT2D eigenvalue weighted by atomic mass is 10.0. The molecule has 0 fully saturated rings. The first-order valence-corrected chi connectivity index (χ1v) is 7.72. The van der Waals surface area contributed by atoms with Gasteiger partial charge in [-0.2, -0.15) is 5.26 Å². The molecule has 26 heavy (non-hydrogen) atoms. The number of pyridine rings is 1. The molecule has 9 heteroatoms. The maximum Gasteiger partial charge on any atom is 0.341 e. The summed E-state index contributed by atoms with van der Waals surface area (Å²) in [5.74, 6) is -1.93. The summed E-state index contributed by atoms with van der Waals surface area (Å²) in [5, 5.41) is 30.7. The normalized spacial score (nSPS) is 10.0. The number of amides is 1. The highest BCUT2D eigenvalue weighted by atomic mass is 35.5. The van der Waals surface area contributed by atoms with Gasteiger partial charge in [0.05, 0.1) is 17.7 Å². The van der Waals surface area contributed by atoms with Crippen LogP contribution in [-0.2, 0) is 16.0 Å². The number of hydrogen-bond donors (Lipinski definition) is 3. The van der Waals surface area contributed by atoms with Crippen LogP contribution < -0.4 is 5.32 Å². The second kappa shape index (κ2) is 8.18. The van der Waals surface area contributed by atoms with E-state index in [4.69, 9.17) is 16.9 Å². The van der Waals surface area contributed by atoms with Crippen LogP contribution in [0.4, 0.5) is 5.82 Å². The molecule has 1 aromatic heterocycles.